The normalized spacial score (nSPS) is 19.5. The molecule has 1 aromatic carbocycles. The van der Waals surface area contributed by atoms with Crippen LogP contribution < -0.4 is 10.6 Å². The van der Waals surface area contributed by atoms with Crippen LogP contribution in [0.4, 0.5) is 21.8 Å². The van der Waals surface area contributed by atoms with Gasteiger partial charge >= 0.3 is 0 Å². The maximum absolute atomic E-state index is 12.7. The van der Waals surface area contributed by atoms with E-state index >= 15 is 0 Å². The summed E-state index contributed by atoms with van der Waals surface area (Å²) in [6, 6.07) is 7.74. The highest BCUT2D eigenvalue weighted by Crippen LogP contribution is 2.41. The standard InChI is InChI=1S/C28H33ClFN7O/c1-3-4-20-13-21(14-22-26(20)32-17-28(22,2)18-38)23-5-9-31-27(33-23)34-25-15-24(29)35-37(25)16-19-6-10-36(11-7-19)12-8-30/h5,9,13-15,19,32,38H,6-8,10-12,16-18H2,1-2H3,(H,31,33,34). The molecule has 4 heterocycles. The number of nitrogens with one attached hydrogen (secondary N) is 2. The fourth-order valence-corrected chi connectivity index (χ4v) is 5.48. The summed E-state index contributed by atoms with van der Waals surface area (Å²) in [4.78, 5) is 11.4. The minimum Gasteiger partial charge on any atom is -0.395 e. The lowest BCUT2D eigenvalue weighted by Crippen LogP contribution is -2.36. The second-order valence-corrected chi connectivity index (χ2v) is 10.7. The average Bonchev–Trinajstić information content (AvgIpc) is 3.44. The number of aliphatic hydroxyl groups excluding tert-OH is 1. The minimum atomic E-state index is -0.394. The third-order valence-corrected chi connectivity index (χ3v) is 7.72. The molecule has 1 fully saturated rings. The van der Waals surface area contributed by atoms with Crippen molar-refractivity contribution < 1.29 is 9.50 Å². The number of hydrogen-bond acceptors (Lipinski definition) is 7. The summed E-state index contributed by atoms with van der Waals surface area (Å²) < 4.78 is 14.5. The number of anilines is 3. The third-order valence-electron chi connectivity index (χ3n) is 7.53. The number of rotatable bonds is 8. The Kier molecular flexibility index (Phi) is 7.84. The Hall–Kier alpha value is -3.19. The van der Waals surface area contributed by atoms with Crippen molar-refractivity contribution in [1.82, 2.24) is 24.6 Å². The Balaban J connectivity index is 1.38. The molecular weight excluding hydrogens is 505 g/mol. The van der Waals surface area contributed by atoms with Gasteiger partial charge in [0.25, 0.3) is 0 Å². The number of aliphatic hydroxyl groups is 1. The Morgan fingerprint density at radius 2 is 2.11 bits per heavy atom. The van der Waals surface area contributed by atoms with E-state index < -0.39 is 5.41 Å². The van der Waals surface area contributed by atoms with Crippen LogP contribution in [0.3, 0.4) is 0 Å². The first-order chi connectivity index (χ1) is 18.4. The number of hydrogen-bond donors (Lipinski definition) is 3. The number of piperidine rings is 1. The van der Waals surface area contributed by atoms with Gasteiger partial charge in [0.05, 0.1) is 18.0 Å². The molecule has 1 saturated heterocycles. The zero-order chi connectivity index (χ0) is 26.7. The van der Waals surface area contributed by atoms with E-state index in [-0.39, 0.29) is 13.3 Å². The second kappa shape index (κ2) is 11.3. The molecule has 1 unspecified atom stereocenters. The fraction of sp³-hybridized carbons (Fsp3) is 0.464. The average molecular weight is 538 g/mol. The monoisotopic (exact) mass is 537 g/mol. The maximum Gasteiger partial charge on any atom is 0.228 e. The first-order valence-corrected chi connectivity index (χ1v) is 13.4. The summed E-state index contributed by atoms with van der Waals surface area (Å²) >= 11 is 6.28. The molecule has 38 heavy (non-hydrogen) atoms. The van der Waals surface area contributed by atoms with E-state index in [0.717, 1.165) is 66.4 Å². The molecule has 3 aromatic rings. The van der Waals surface area contributed by atoms with Gasteiger partial charge in [-0.1, -0.05) is 24.4 Å². The molecular formula is C28H33ClFN7O. The fourth-order valence-electron chi connectivity index (χ4n) is 5.29. The van der Waals surface area contributed by atoms with Crippen LogP contribution in [0.2, 0.25) is 5.15 Å². The highest BCUT2D eigenvalue weighted by Gasteiger charge is 2.35. The van der Waals surface area contributed by atoms with Gasteiger partial charge < -0.3 is 20.6 Å². The van der Waals surface area contributed by atoms with E-state index in [1.807, 2.05) is 30.7 Å². The predicted molar refractivity (Wildman–Crippen MR) is 149 cm³/mol. The molecule has 0 amide bonds. The molecule has 0 saturated carbocycles. The van der Waals surface area contributed by atoms with Crippen molar-refractivity contribution in [1.29, 1.82) is 0 Å². The summed E-state index contributed by atoms with van der Waals surface area (Å²) in [5.41, 5.74) is 4.14. The molecule has 0 bridgehead atoms. The van der Waals surface area contributed by atoms with Crippen LogP contribution >= 0.6 is 11.6 Å². The lowest BCUT2D eigenvalue weighted by Gasteiger charge is -2.31. The summed E-state index contributed by atoms with van der Waals surface area (Å²) in [5.74, 6) is 7.78. The van der Waals surface area contributed by atoms with Gasteiger partial charge in [0.2, 0.25) is 5.95 Å². The Labute approximate surface area is 227 Å². The van der Waals surface area contributed by atoms with Crippen molar-refractivity contribution in [3.63, 3.8) is 0 Å². The van der Waals surface area contributed by atoms with Gasteiger partial charge in [0.1, 0.15) is 12.5 Å². The van der Waals surface area contributed by atoms with Crippen LogP contribution in [-0.2, 0) is 12.0 Å². The number of nitrogens with zero attached hydrogens (tertiary/aromatic N) is 5. The molecule has 2 aromatic heterocycles. The van der Waals surface area contributed by atoms with E-state index in [4.69, 9.17) is 16.6 Å². The molecule has 200 valence electrons. The lowest BCUT2D eigenvalue weighted by molar-refractivity contribution is 0.161. The van der Waals surface area contributed by atoms with Gasteiger partial charge in [-0.05, 0) is 62.5 Å². The van der Waals surface area contributed by atoms with Crippen molar-refractivity contribution in [2.24, 2.45) is 5.92 Å². The van der Waals surface area contributed by atoms with E-state index in [0.29, 0.717) is 30.1 Å². The Morgan fingerprint density at radius 3 is 2.84 bits per heavy atom. The highest BCUT2D eigenvalue weighted by atomic mass is 35.5. The first kappa shape index (κ1) is 26.4. The van der Waals surface area contributed by atoms with Crippen LogP contribution in [0, 0.1) is 17.8 Å². The van der Waals surface area contributed by atoms with E-state index in [9.17, 15) is 9.50 Å². The molecule has 3 N–H and O–H groups in total. The van der Waals surface area contributed by atoms with Crippen molar-refractivity contribution in [3.8, 4) is 23.1 Å². The van der Waals surface area contributed by atoms with Gasteiger partial charge in [-0.25, -0.2) is 19.0 Å². The van der Waals surface area contributed by atoms with Crippen LogP contribution in [-0.4, -0.2) is 69.2 Å². The SMILES string of the molecule is CC#Cc1cc(-c2ccnc(Nc3cc(Cl)nn3CC3CCN(CCF)CC3)n2)cc2c1NCC2(C)CO. The second-order valence-electron chi connectivity index (χ2n) is 10.3. The van der Waals surface area contributed by atoms with Crippen LogP contribution in [0.5, 0.6) is 0 Å². The number of benzene rings is 1. The molecule has 2 aliphatic rings. The molecule has 5 rings (SSSR count). The molecule has 2 aliphatic heterocycles. The van der Waals surface area contributed by atoms with Gasteiger partial charge in [0, 0.05) is 48.4 Å². The van der Waals surface area contributed by atoms with Crippen molar-refractivity contribution in [2.45, 2.75) is 38.6 Å². The molecule has 1 atom stereocenters. The zero-order valence-electron chi connectivity index (χ0n) is 21.8. The van der Waals surface area contributed by atoms with E-state index in [1.54, 1.807) is 12.3 Å². The quantitative estimate of drug-likeness (QED) is 0.365. The Bertz CT molecular complexity index is 1360. The van der Waals surface area contributed by atoms with E-state index in [1.165, 1.54) is 0 Å². The molecule has 8 nitrogen and oxygen atoms in total. The smallest absolute Gasteiger partial charge is 0.228 e. The van der Waals surface area contributed by atoms with Crippen molar-refractivity contribution in [3.05, 3.63) is 46.7 Å². The highest BCUT2D eigenvalue weighted by molar-refractivity contribution is 6.29. The van der Waals surface area contributed by atoms with Crippen LogP contribution in [0.25, 0.3) is 11.3 Å². The minimum absolute atomic E-state index is 0.0334. The summed E-state index contributed by atoms with van der Waals surface area (Å²) in [7, 11) is 0. The third kappa shape index (κ3) is 5.48. The Morgan fingerprint density at radius 1 is 1.29 bits per heavy atom. The van der Waals surface area contributed by atoms with Crippen molar-refractivity contribution in [2.75, 3.05) is 50.1 Å². The number of aromatic nitrogens is 4. The number of alkyl halides is 1. The molecule has 10 heteroatoms. The summed E-state index contributed by atoms with van der Waals surface area (Å²) in [6.07, 6.45) is 3.70. The number of likely N-dealkylation sites (tertiary alicyclic amines) is 1. The van der Waals surface area contributed by atoms with Crippen molar-refractivity contribution >= 4 is 29.1 Å². The predicted octanol–water partition coefficient (Wildman–Crippen LogP) is 4.47. The van der Waals surface area contributed by atoms with Crippen LogP contribution in [0.15, 0.2) is 30.5 Å². The van der Waals surface area contributed by atoms with Crippen LogP contribution in [0.1, 0.15) is 37.8 Å². The maximum atomic E-state index is 12.7. The van der Waals surface area contributed by atoms with Gasteiger partial charge in [0.15, 0.2) is 5.15 Å². The largest absolute Gasteiger partial charge is 0.395 e. The molecule has 0 spiro atoms. The molecule has 0 radical (unpaired) electrons. The molecule has 0 aliphatic carbocycles. The van der Waals surface area contributed by atoms with Gasteiger partial charge in [-0.15, -0.1) is 5.92 Å². The number of fused-ring (bicyclic) bond motifs is 1. The van der Waals surface area contributed by atoms with Gasteiger partial charge in [-0.2, -0.15) is 5.10 Å². The first-order valence-electron chi connectivity index (χ1n) is 13.0. The topological polar surface area (TPSA) is 91.1 Å². The zero-order valence-corrected chi connectivity index (χ0v) is 22.5. The summed E-state index contributed by atoms with van der Waals surface area (Å²) in [6.45, 7) is 7.25. The number of halogens is 2. The van der Waals surface area contributed by atoms with Gasteiger partial charge in [-0.3, -0.25) is 0 Å². The van der Waals surface area contributed by atoms with E-state index in [2.05, 4.69) is 43.5 Å². The lowest BCUT2D eigenvalue weighted by atomic mass is 9.83. The summed E-state index contributed by atoms with van der Waals surface area (Å²) in [5, 5.41) is 21.7.